The molecular formula is C19H25IN4O2. The zero-order chi connectivity index (χ0) is 17.6. The molecule has 0 bridgehead atoms. The van der Waals surface area contributed by atoms with Crippen LogP contribution < -0.4 is 5.32 Å². The summed E-state index contributed by atoms with van der Waals surface area (Å²) in [6, 6.07) is 11.9. The first-order valence-corrected chi connectivity index (χ1v) is 8.51. The summed E-state index contributed by atoms with van der Waals surface area (Å²) < 4.78 is 5.20. The van der Waals surface area contributed by atoms with Crippen molar-refractivity contribution in [2.24, 2.45) is 4.99 Å². The zero-order valence-electron chi connectivity index (χ0n) is 15.1. The van der Waals surface area contributed by atoms with Gasteiger partial charge in [0.25, 0.3) is 5.91 Å². The highest BCUT2D eigenvalue weighted by atomic mass is 127. The van der Waals surface area contributed by atoms with Crippen molar-refractivity contribution in [1.29, 1.82) is 0 Å². The summed E-state index contributed by atoms with van der Waals surface area (Å²) in [4.78, 5) is 20.7. The molecule has 3 rings (SSSR count). The smallest absolute Gasteiger partial charge is 0.289 e. The third kappa shape index (κ3) is 5.00. The molecule has 0 spiro atoms. The summed E-state index contributed by atoms with van der Waals surface area (Å²) in [6.07, 6.45) is 1.53. The Bertz CT molecular complexity index is 738. The first-order chi connectivity index (χ1) is 12.2. The van der Waals surface area contributed by atoms with E-state index in [-0.39, 0.29) is 29.9 Å². The number of benzene rings is 1. The maximum absolute atomic E-state index is 12.3. The number of aliphatic imine (C=N–C) groups is 1. The minimum Gasteiger partial charge on any atom is -0.459 e. The number of nitrogens with zero attached hydrogens (tertiary/aromatic N) is 3. The van der Waals surface area contributed by atoms with Crippen molar-refractivity contribution in [3.63, 3.8) is 0 Å². The SMILES string of the molecule is CN=C(NCc1cccc(C)c1)N1CCN(C(=O)c2ccco2)CC1.I. The summed E-state index contributed by atoms with van der Waals surface area (Å²) in [5.41, 5.74) is 2.48. The van der Waals surface area contributed by atoms with Crippen molar-refractivity contribution in [3.05, 3.63) is 59.5 Å². The van der Waals surface area contributed by atoms with Crippen LogP contribution in [0.15, 0.2) is 52.1 Å². The number of aryl methyl sites for hydroxylation is 1. The molecule has 1 aromatic heterocycles. The van der Waals surface area contributed by atoms with Gasteiger partial charge >= 0.3 is 0 Å². The van der Waals surface area contributed by atoms with Gasteiger partial charge in [0.2, 0.25) is 0 Å². The van der Waals surface area contributed by atoms with E-state index in [9.17, 15) is 4.79 Å². The van der Waals surface area contributed by atoms with Gasteiger partial charge in [-0.05, 0) is 24.6 Å². The molecule has 1 N–H and O–H groups in total. The van der Waals surface area contributed by atoms with Crippen LogP contribution in [0.5, 0.6) is 0 Å². The zero-order valence-corrected chi connectivity index (χ0v) is 17.5. The molecule has 6 nitrogen and oxygen atoms in total. The van der Waals surface area contributed by atoms with E-state index in [1.54, 1.807) is 19.2 Å². The maximum Gasteiger partial charge on any atom is 0.289 e. The Morgan fingerprint density at radius 3 is 2.50 bits per heavy atom. The Labute approximate surface area is 171 Å². The van der Waals surface area contributed by atoms with Crippen molar-refractivity contribution in [1.82, 2.24) is 15.1 Å². The average Bonchev–Trinajstić information content (AvgIpc) is 3.17. The monoisotopic (exact) mass is 468 g/mol. The number of nitrogens with one attached hydrogen (secondary N) is 1. The molecule has 0 saturated carbocycles. The van der Waals surface area contributed by atoms with Gasteiger partial charge in [-0.15, -0.1) is 24.0 Å². The van der Waals surface area contributed by atoms with Crippen LogP contribution in [0.3, 0.4) is 0 Å². The summed E-state index contributed by atoms with van der Waals surface area (Å²) in [7, 11) is 1.79. The number of amides is 1. The third-order valence-corrected chi connectivity index (χ3v) is 4.34. The summed E-state index contributed by atoms with van der Waals surface area (Å²) in [5.74, 6) is 1.22. The molecule has 1 amide bonds. The van der Waals surface area contributed by atoms with Crippen molar-refractivity contribution in [2.75, 3.05) is 33.2 Å². The highest BCUT2D eigenvalue weighted by Crippen LogP contribution is 2.10. The second-order valence-electron chi connectivity index (χ2n) is 6.15. The van der Waals surface area contributed by atoms with Gasteiger partial charge in [0.15, 0.2) is 11.7 Å². The fourth-order valence-electron chi connectivity index (χ4n) is 3.01. The van der Waals surface area contributed by atoms with Gasteiger partial charge in [-0.25, -0.2) is 0 Å². The van der Waals surface area contributed by atoms with Crippen LogP contribution in [-0.2, 0) is 6.54 Å². The molecule has 1 aliphatic heterocycles. The van der Waals surface area contributed by atoms with Gasteiger partial charge in [0.05, 0.1) is 6.26 Å². The molecule has 2 heterocycles. The van der Waals surface area contributed by atoms with Crippen LogP contribution in [0.25, 0.3) is 0 Å². The molecule has 0 atom stereocenters. The Hall–Kier alpha value is -2.03. The molecule has 1 aromatic carbocycles. The Kier molecular flexibility index (Phi) is 7.50. The molecule has 26 heavy (non-hydrogen) atoms. The normalized spacial score (nSPS) is 14.8. The number of guanidine groups is 1. The number of carbonyl (C=O) groups is 1. The number of carbonyl (C=O) groups excluding carboxylic acids is 1. The minimum atomic E-state index is -0.0487. The maximum atomic E-state index is 12.3. The van der Waals surface area contributed by atoms with E-state index in [2.05, 4.69) is 46.4 Å². The minimum absolute atomic E-state index is 0. The Morgan fingerprint density at radius 1 is 1.15 bits per heavy atom. The quantitative estimate of drug-likeness (QED) is 0.428. The number of hydrogen-bond acceptors (Lipinski definition) is 3. The number of hydrogen-bond donors (Lipinski definition) is 1. The van der Waals surface area contributed by atoms with Crippen LogP contribution in [0, 0.1) is 6.92 Å². The molecule has 1 saturated heterocycles. The fourth-order valence-corrected chi connectivity index (χ4v) is 3.01. The predicted molar refractivity (Wildman–Crippen MR) is 113 cm³/mol. The van der Waals surface area contributed by atoms with Crippen LogP contribution in [-0.4, -0.2) is 54.9 Å². The van der Waals surface area contributed by atoms with Crippen molar-refractivity contribution >= 4 is 35.8 Å². The molecule has 140 valence electrons. The van der Waals surface area contributed by atoms with E-state index >= 15 is 0 Å². The second-order valence-corrected chi connectivity index (χ2v) is 6.15. The number of halogens is 1. The molecule has 2 aromatic rings. The summed E-state index contributed by atoms with van der Waals surface area (Å²) >= 11 is 0. The van der Waals surface area contributed by atoms with Gasteiger partial charge in [-0.1, -0.05) is 29.8 Å². The highest BCUT2D eigenvalue weighted by Gasteiger charge is 2.25. The summed E-state index contributed by atoms with van der Waals surface area (Å²) in [5, 5.41) is 3.41. The van der Waals surface area contributed by atoms with E-state index in [1.807, 2.05) is 4.90 Å². The van der Waals surface area contributed by atoms with E-state index in [4.69, 9.17) is 4.42 Å². The Morgan fingerprint density at radius 2 is 1.88 bits per heavy atom. The van der Waals surface area contributed by atoms with Gasteiger partial charge in [0.1, 0.15) is 0 Å². The van der Waals surface area contributed by atoms with E-state index in [1.165, 1.54) is 17.4 Å². The third-order valence-electron chi connectivity index (χ3n) is 4.34. The molecule has 1 fully saturated rings. The van der Waals surface area contributed by atoms with Crippen molar-refractivity contribution in [2.45, 2.75) is 13.5 Å². The fraction of sp³-hybridized carbons (Fsp3) is 0.368. The first-order valence-electron chi connectivity index (χ1n) is 8.51. The lowest BCUT2D eigenvalue weighted by atomic mass is 10.1. The van der Waals surface area contributed by atoms with Crippen LogP contribution in [0.4, 0.5) is 0 Å². The molecule has 1 aliphatic rings. The molecular weight excluding hydrogens is 443 g/mol. The number of piperazine rings is 1. The molecule has 0 unspecified atom stereocenters. The molecule has 0 radical (unpaired) electrons. The van der Waals surface area contributed by atoms with Gasteiger partial charge in [-0.3, -0.25) is 9.79 Å². The average molecular weight is 468 g/mol. The van der Waals surface area contributed by atoms with Crippen LogP contribution in [0.2, 0.25) is 0 Å². The van der Waals surface area contributed by atoms with Gasteiger partial charge in [-0.2, -0.15) is 0 Å². The largest absolute Gasteiger partial charge is 0.459 e. The van der Waals surface area contributed by atoms with Gasteiger partial charge in [0, 0.05) is 39.8 Å². The van der Waals surface area contributed by atoms with Crippen LogP contribution in [0.1, 0.15) is 21.7 Å². The van der Waals surface area contributed by atoms with E-state index in [0.29, 0.717) is 18.8 Å². The van der Waals surface area contributed by atoms with E-state index < -0.39 is 0 Å². The topological polar surface area (TPSA) is 61.1 Å². The number of furan rings is 1. The molecule has 0 aliphatic carbocycles. The Balaban J connectivity index is 0.00000243. The standard InChI is InChI=1S/C19H24N4O2.HI/c1-15-5-3-6-16(13-15)14-21-19(20-2)23-10-8-22(9-11-23)18(24)17-7-4-12-25-17;/h3-7,12-13H,8-11,14H2,1-2H3,(H,20,21);1H. The summed E-state index contributed by atoms with van der Waals surface area (Å²) in [6.45, 7) is 5.64. The number of rotatable bonds is 3. The molecule has 7 heteroatoms. The predicted octanol–water partition coefficient (Wildman–Crippen LogP) is 2.74. The van der Waals surface area contributed by atoms with Crippen molar-refractivity contribution < 1.29 is 9.21 Å². The second kappa shape index (κ2) is 9.61. The van der Waals surface area contributed by atoms with Crippen LogP contribution >= 0.6 is 24.0 Å². The first kappa shape index (κ1) is 20.3. The lowest BCUT2D eigenvalue weighted by Crippen LogP contribution is -2.53. The lowest BCUT2D eigenvalue weighted by molar-refractivity contribution is 0.0657. The lowest BCUT2D eigenvalue weighted by Gasteiger charge is -2.36. The van der Waals surface area contributed by atoms with Crippen molar-refractivity contribution in [3.8, 4) is 0 Å². The van der Waals surface area contributed by atoms with Gasteiger partial charge < -0.3 is 19.5 Å². The highest BCUT2D eigenvalue weighted by molar-refractivity contribution is 14.0. The van der Waals surface area contributed by atoms with E-state index in [0.717, 1.165) is 25.6 Å².